The van der Waals surface area contributed by atoms with Crippen molar-refractivity contribution in [3.05, 3.63) is 59.2 Å². The lowest BCUT2D eigenvalue weighted by Gasteiger charge is -2.14. The maximum Gasteiger partial charge on any atom is 0.338 e. The van der Waals surface area contributed by atoms with Crippen molar-refractivity contribution in [2.24, 2.45) is 5.14 Å². The monoisotopic (exact) mass is 376 g/mol. The Morgan fingerprint density at radius 1 is 1.04 bits per heavy atom. The zero-order valence-corrected chi connectivity index (χ0v) is 15.5. The fourth-order valence-corrected chi connectivity index (χ4v) is 2.86. The Labute approximate surface area is 152 Å². The van der Waals surface area contributed by atoms with Gasteiger partial charge < -0.3 is 10.1 Å². The number of rotatable bonds is 5. The Kier molecular flexibility index (Phi) is 5.79. The SMILES string of the molecule is Cc1cc(C)cc(C(=O)OC(C)C(=O)Nc2ccc(S(N)(=O)=O)cc2)c1. The van der Waals surface area contributed by atoms with Crippen LogP contribution in [0.5, 0.6) is 0 Å². The van der Waals surface area contributed by atoms with Gasteiger partial charge in [0.05, 0.1) is 10.5 Å². The van der Waals surface area contributed by atoms with Gasteiger partial charge >= 0.3 is 5.97 Å². The van der Waals surface area contributed by atoms with E-state index in [4.69, 9.17) is 9.88 Å². The molecule has 0 aromatic heterocycles. The third kappa shape index (κ3) is 5.14. The summed E-state index contributed by atoms with van der Waals surface area (Å²) < 4.78 is 27.6. The topological polar surface area (TPSA) is 116 Å². The first-order valence-electron chi connectivity index (χ1n) is 7.79. The van der Waals surface area contributed by atoms with E-state index in [0.29, 0.717) is 11.3 Å². The molecular formula is C18H20N2O5S. The van der Waals surface area contributed by atoms with Gasteiger partial charge in [-0.2, -0.15) is 0 Å². The van der Waals surface area contributed by atoms with E-state index in [1.165, 1.54) is 31.2 Å². The number of hydrogen-bond donors (Lipinski definition) is 2. The van der Waals surface area contributed by atoms with E-state index in [9.17, 15) is 18.0 Å². The van der Waals surface area contributed by atoms with Crippen molar-refractivity contribution in [1.29, 1.82) is 0 Å². The van der Waals surface area contributed by atoms with Crippen LogP contribution in [0.3, 0.4) is 0 Å². The number of aryl methyl sites for hydroxylation is 2. The van der Waals surface area contributed by atoms with Crippen LogP contribution in [0, 0.1) is 13.8 Å². The van der Waals surface area contributed by atoms with Crippen LogP contribution in [0.1, 0.15) is 28.4 Å². The molecule has 3 N–H and O–H groups in total. The zero-order valence-electron chi connectivity index (χ0n) is 14.6. The maximum absolute atomic E-state index is 12.2. The predicted octanol–water partition coefficient (Wildman–Crippen LogP) is 2.13. The molecule has 0 fully saturated rings. The standard InChI is InChI=1S/C18H20N2O5S/c1-11-8-12(2)10-14(9-11)18(22)25-13(3)17(21)20-15-4-6-16(7-5-15)26(19,23)24/h4-10,13H,1-3H3,(H,20,21)(H2,19,23,24). The van der Waals surface area contributed by atoms with Crippen molar-refractivity contribution in [3.8, 4) is 0 Å². The van der Waals surface area contributed by atoms with E-state index in [0.717, 1.165) is 11.1 Å². The minimum absolute atomic E-state index is 0.0650. The molecule has 0 aliphatic rings. The molecule has 0 saturated heterocycles. The first-order chi connectivity index (χ1) is 12.1. The second-order valence-electron chi connectivity index (χ2n) is 5.98. The van der Waals surface area contributed by atoms with Gasteiger partial charge in [0.1, 0.15) is 0 Å². The van der Waals surface area contributed by atoms with Crippen molar-refractivity contribution >= 4 is 27.6 Å². The summed E-state index contributed by atoms with van der Waals surface area (Å²) in [7, 11) is -3.80. The minimum atomic E-state index is -3.80. The molecule has 0 saturated carbocycles. The largest absolute Gasteiger partial charge is 0.449 e. The van der Waals surface area contributed by atoms with Gasteiger partial charge in [-0.15, -0.1) is 0 Å². The first kappa shape index (κ1) is 19.6. The first-order valence-corrected chi connectivity index (χ1v) is 9.34. The van der Waals surface area contributed by atoms with E-state index in [1.807, 2.05) is 19.9 Å². The fraction of sp³-hybridized carbons (Fsp3) is 0.222. The highest BCUT2D eigenvalue weighted by Crippen LogP contribution is 2.14. The second-order valence-corrected chi connectivity index (χ2v) is 7.54. The number of amides is 1. The van der Waals surface area contributed by atoms with E-state index >= 15 is 0 Å². The van der Waals surface area contributed by atoms with Gasteiger partial charge in [0.15, 0.2) is 6.10 Å². The number of anilines is 1. The molecular weight excluding hydrogens is 356 g/mol. The molecule has 1 amide bonds. The fourth-order valence-electron chi connectivity index (χ4n) is 2.35. The lowest BCUT2D eigenvalue weighted by Crippen LogP contribution is -2.30. The molecule has 0 radical (unpaired) electrons. The number of benzene rings is 2. The van der Waals surface area contributed by atoms with Gasteiger partial charge in [0, 0.05) is 5.69 Å². The molecule has 0 aliphatic carbocycles. The highest BCUT2D eigenvalue weighted by atomic mass is 32.2. The summed E-state index contributed by atoms with van der Waals surface area (Å²) in [5, 5.41) is 7.56. The predicted molar refractivity (Wildman–Crippen MR) is 97.2 cm³/mol. The highest BCUT2D eigenvalue weighted by Gasteiger charge is 2.19. The van der Waals surface area contributed by atoms with E-state index in [-0.39, 0.29) is 4.90 Å². The zero-order chi connectivity index (χ0) is 19.5. The summed E-state index contributed by atoms with van der Waals surface area (Å²) in [6.07, 6.45) is -1.03. The number of nitrogens with one attached hydrogen (secondary N) is 1. The van der Waals surface area contributed by atoms with Crippen molar-refractivity contribution in [1.82, 2.24) is 0 Å². The molecule has 2 aromatic rings. The molecule has 0 heterocycles. The van der Waals surface area contributed by atoms with Crippen molar-refractivity contribution in [2.75, 3.05) is 5.32 Å². The average molecular weight is 376 g/mol. The molecule has 138 valence electrons. The van der Waals surface area contributed by atoms with Crippen LogP contribution >= 0.6 is 0 Å². The van der Waals surface area contributed by atoms with Gasteiger partial charge in [0.25, 0.3) is 5.91 Å². The number of ether oxygens (including phenoxy) is 1. The third-order valence-corrected chi connectivity index (χ3v) is 4.49. The second kappa shape index (κ2) is 7.67. The van der Waals surface area contributed by atoms with Crippen LogP contribution in [0.4, 0.5) is 5.69 Å². The van der Waals surface area contributed by atoms with Crippen LogP contribution in [0.15, 0.2) is 47.4 Å². The summed E-state index contributed by atoms with van der Waals surface area (Å²) in [6.45, 7) is 5.19. The number of nitrogens with two attached hydrogens (primary N) is 1. The Morgan fingerprint density at radius 3 is 2.08 bits per heavy atom. The quantitative estimate of drug-likeness (QED) is 0.776. The van der Waals surface area contributed by atoms with Crippen LogP contribution in [0.2, 0.25) is 0 Å². The Balaban J connectivity index is 2.02. The number of esters is 1. The average Bonchev–Trinajstić information content (AvgIpc) is 2.53. The number of sulfonamides is 1. The number of hydrogen-bond acceptors (Lipinski definition) is 5. The molecule has 2 rings (SSSR count). The van der Waals surface area contributed by atoms with Gasteiger partial charge in [-0.1, -0.05) is 17.2 Å². The number of primary sulfonamides is 1. The summed E-state index contributed by atoms with van der Waals surface area (Å²) in [6, 6.07) is 10.6. The van der Waals surface area contributed by atoms with Crippen LogP contribution < -0.4 is 10.5 Å². The molecule has 26 heavy (non-hydrogen) atoms. The van der Waals surface area contributed by atoms with Crippen LogP contribution in [-0.4, -0.2) is 26.4 Å². The van der Waals surface area contributed by atoms with Crippen LogP contribution in [-0.2, 0) is 19.6 Å². The van der Waals surface area contributed by atoms with Crippen LogP contribution in [0.25, 0.3) is 0 Å². The van der Waals surface area contributed by atoms with Gasteiger partial charge in [-0.05, 0) is 57.2 Å². The van der Waals surface area contributed by atoms with E-state index in [1.54, 1.807) is 12.1 Å². The smallest absolute Gasteiger partial charge is 0.338 e. The van der Waals surface area contributed by atoms with Gasteiger partial charge in [0.2, 0.25) is 10.0 Å². The molecule has 0 spiro atoms. The summed E-state index contributed by atoms with van der Waals surface area (Å²) in [5.74, 6) is -1.13. The van der Waals surface area contributed by atoms with Crippen molar-refractivity contribution in [3.63, 3.8) is 0 Å². The summed E-state index contributed by atoms with van der Waals surface area (Å²) in [4.78, 5) is 24.3. The summed E-state index contributed by atoms with van der Waals surface area (Å²) in [5.41, 5.74) is 2.57. The van der Waals surface area contributed by atoms with E-state index in [2.05, 4.69) is 5.32 Å². The van der Waals surface area contributed by atoms with Gasteiger partial charge in [-0.25, -0.2) is 18.4 Å². The molecule has 1 unspecified atom stereocenters. The molecule has 1 atom stereocenters. The third-order valence-electron chi connectivity index (χ3n) is 3.56. The normalized spacial score (nSPS) is 12.3. The lowest BCUT2D eigenvalue weighted by atomic mass is 10.1. The molecule has 7 nitrogen and oxygen atoms in total. The molecule has 8 heteroatoms. The Hall–Kier alpha value is -2.71. The van der Waals surface area contributed by atoms with Crippen molar-refractivity contribution < 1.29 is 22.7 Å². The Bertz CT molecular complexity index is 916. The highest BCUT2D eigenvalue weighted by molar-refractivity contribution is 7.89. The molecule has 2 aromatic carbocycles. The minimum Gasteiger partial charge on any atom is -0.449 e. The molecule has 0 aliphatic heterocycles. The summed E-state index contributed by atoms with van der Waals surface area (Å²) >= 11 is 0. The maximum atomic E-state index is 12.2. The lowest BCUT2D eigenvalue weighted by molar-refractivity contribution is -0.123. The number of carbonyl (C=O) groups is 2. The Morgan fingerprint density at radius 2 is 1.58 bits per heavy atom. The van der Waals surface area contributed by atoms with Gasteiger partial charge in [-0.3, -0.25) is 4.79 Å². The molecule has 0 bridgehead atoms. The van der Waals surface area contributed by atoms with Crippen molar-refractivity contribution in [2.45, 2.75) is 31.8 Å². The van der Waals surface area contributed by atoms with E-state index < -0.39 is 28.0 Å². The number of carbonyl (C=O) groups excluding carboxylic acids is 2.